The molecule has 3 nitrogen and oxygen atoms in total. The topological polar surface area (TPSA) is 32.5 Å². The fourth-order valence-electron chi connectivity index (χ4n) is 5.44. The minimum atomic E-state index is 0. The highest BCUT2D eigenvalue weighted by Gasteiger charge is 2.39. The number of hydrogen-bond donors (Lipinski definition) is 1. The van der Waals surface area contributed by atoms with Crippen LogP contribution in [-0.4, -0.2) is 41.5 Å². The summed E-state index contributed by atoms with van der Waals surface area (Å²) in [4.78, 5) is 5.44. The van der Waals surface area contributed by atoms with Gasteiger partial charge in [-0.1, -0.05) is 72.8 Å². The molecular weight excluding hydrogens is 437 g/mol. The minimum absolute atomic E-state index is 0. The molecule has 5 rings (SSSR count). The lowest BCUT2D eigenvalue weighted by molar-refractivity contribution is -0.00355. The van der Waals surface area contributed by atoms with Crippen molar-refractivity contribution in [2.24, 2.45) is 0 Å². The normalized spacial score (nSPS) is 22.6. The number of piperidine rings is 1. The summed E-state index contributed by atoms with van der Waals surface area (Å²) in [7, 11) is 0. The summed E-state index contributed by atoms with van der Waals surface area (Å²) < 4.78 is 0. The second kappa shape index (κ2) is 11.2. The Balaban J connectivity index is 0.00000144. The number of anilines is 1. The highest BCUT2D eigenvalue weighted by molar-refractivity contribution is 5.85. The molecule has 3 aromatic rings. The lowest BCUT2D eigenvalue weighted by atomic mass is 9.79. The van der Waals surface area contributed by atoms with Crippen LogP contribution in [0.3, 0.4) is 0 Å². The first kappa shape index (κ1) is 24.6. The fraction of sp³-hybridized carbons (Fsp3) is 0.333. The molecule has 0 radical (unpaired) electrons. The van der Waals surface area contributed by atoms with Crippen molar-refractivity contribution in [2.75, 3.05) is 25.4 Å². The molecule has 0 amide bonds. The molecule has 2 fully saturated rings. The molecule has 170 valence electrons. The lowest BCUT2D eigenvalue weighted by Gasteiger charge is -2.51. The maximum absolute atomic E-state index is 5.86. The quantitative estimate of drug-likeness (QED) is 0.494. The van der Waals surface area contributed by atoms with Crippen molar-refractivity contribution in [3.8, 4) is 0 Å². The Morgan fingerprint density at radius 1 is 0.750 bits per heavy atom. The number of nitrogen functional groups attached to an aromatic ring is 1. The molecule has 0 saturated carbocycles. The molecule has 2 aliphatic rings. The van der Waals surface area contributed by atoms with Gasteiger partial charge in [0.25, 0.3) is 0 Å². The number of rotatable bonds is 5. The van der Waals surface area contributed by atoms with E-state index in [1.807, 2.05) is 12.1 Å². The average molecular weight is 470 g/mol. The third kappa shape index (κ3) is 5.29. The monoisotopic (exact) mass is 469 g/mol. The van der Waals surface area contributed by atoms with Crippen LogP contribution in [0.1, 0.15) is 35.4 Å². The zero-order chi connectivity index (χ0) is 20.3. The van der Waals surface area contributed by atoms with Gasteiger partial charge < -0.3 is 5.73 Å². The van der Waals surface area contributed by atoms with Crippen LogP contribution in [0.4, 0.5) is 5.69 Å². The van der Waals surface area contributed by atoms with Crippen molar-refractivity contribution < 1.29 is 0 Å². The second-order valence-corrected chi connectivity index (χ2v) is 8.80. The van der Waals surface area contributed by atoms with E-state index in [4.69, 9.17) is 5.73 Å². The summed E-state index contributed by atoms with van der Waals surface area (Å²) in [5, 5.41) is 0. The molecule has 2 aliphatic heterocycles. The SMILES string of the molecule is Cl.Cl.Nc1ccc(CN2CCN3C[C@H]2CC[C@@H]3C(c2ccccc2)c2ccccc2)cc1. The number of benzene rings is 3. The third-order valence-electron chi connectivity index (χ3n) is 6.97. The van der Waals surface area contributed by atoms with E-state index in [9.17, 15) is 0 Å². The van der Waals surface area contributed by atoms with E-state index in [1.165, 1.54) is 36.1 Å². The first-order valence-corrected chi connectivity index (χ1v) is 11.2. The highest BCUT2D eigenvalue weighted by atomic mass is 35.5. The molecule has 2 N–H and O–H groups in total. The van der Waals surface area contributed by atoms with Crippen LogP contribution >= 0.6 is 24.8 Å². The van der Waals surface area contributed by atoms with Crippen molar-refractivity contribution in [1.29, 1.82) is 0 Å². The number of nitrogens with zero attached hydrogens (tertiary/aromatic N) is 2. The van der Waals surface area contributed by atoms with E-state index in [2.05, 4.69) is 82.6 Å². The summed E-state index contributed by atoms with van der Waals surface area (Å²) >= 11 is 0. The van der Waals surface area contributed by atoms with Gasteiger partial charge in [-0.2, -0.15) is 0 Å². The van der Waals surface area contributed by atoms with Gasteiger partial charge in [0.05, 0.1) is 0 Å². The van der Waals surface area contributed by atoms with Crippen LogP contribution in [0.5, 0.6) is 0 Å². The van der Waals surface area contributed by atoms with Crippen LogP contribution < -0.4 is 5.73 Å². The Hall–Kier alpha value is -2.04. The van der Waals surface area contributed by atoms with Crippen LogP contribution in [0, 0.1) is 0 Å². The predicted molar refractivity (Wildman–Crippen MR) is 139 cm³/mol. The molecule has 32 heavy (non-hydrogen) atoms. The number of hydrogen-bond acceptors (Lipinski definition) is 3. The van der Waals surface area contributed by atoms with Gasteiger partial charge >= 0.3 is 0 Å². The van der Waals surface area contributed by atoms with E-state index in [1.54, 1.807) is 0 Å². The molecule has 3 aromatic carbocycles. The Bertz CT molecular complexity index is 910. The summed E-state index contributed by atoms with van der Waals surface area (Å²) in [6.07, 6.45) is 2.52. The number of halogens is 2. The molecule has 2 heterocycles. The Kier molecular flexibility index (Phi) is 8.61. The lowest BCUT2D eigenvalue weighted by Crippen LogP contribution is -2.60. The fourth-order valence-corrected chi connectivity index (χ4v) is 5.44. The number of fused-ring (bicyclic) bond motifs is 2. The van der Waals surface area contributed by atoms with Crippen LogP contribution in [-0.2, 0) is 6.54 Å². The maximum Gasteiger partial charge on any atom is 0.0314 e. The second-order valence-electron chi connectivity index (χ2n) is 8.80. The molecule has 1 unspecified atom stereocenters. The molecule has 0 aliphatic carbocycles. The molecule has 0 aromatic heterocycles. The number of piperazine rings is 1. The van der Waals surface area contributed by atoms with Crippen molar-refractivity contribution in [3.05, 3.63) is 102 Å². The predicted octanol–water partition coefficient (Wildman–Crippen LogP) is 5.59. The molecule has 3 atom stereocenters. The van der Waals surface area contributed by atoms with Gasteiger partial charge in [0, 0.05) is 49.9 Å². The summed E-state index contributed by atoms with van der Waals surface area (Å²) in [5.74, 6) is 0.442. The largest absolute Gasteiger partial charge is 0.399 e. The Labute approximate surface area is 204 Å². The zero-order valence-corrected chi connectivity index (χ0v) is 20.0. The molecule has 5 heteroatoms. The molecule has 2 bridgehead atoms. The van der Waals surface area contributed by atoms with Crippen molar-refractivity contribution in [3.63, 3.8) is 0 Å². The smallest absolute Gasteiger partial charge is 0.0314 e. The van der Waals surface area contributed by atoms with E-state index in [0.717, 1.165) is 25.3 Å². The van der Waals surface area contributed by atoms with Crippen LogP contribution in [0.15, 0.2) is 84.9 Å². The first-order valence-electron chi connectivity index (χ1n) is 11.2. The Morgan fingerprint density at radius 3 is 1.94 bits per heavy atom. The van der Waals surface area contributed by atoms with Gasteiger partial charge in [-0.3, -0.25) is 9.80 Å². The first-order chi connectivity index (χ1) is 14.8. The standard InChI is InChI=1S/C27H31N3.2ClH/c28-24-13-11-21(12-14-24)19-29-17-18-30-20-25(29)15-16-26(30)27(22-7-3-1-4-8-22)23-9-5-2-6-10-23;;/h1-14,25-27H,15-20,28H2;2*1H/t25-,26-;;/m1../s1. The zero-order valence-electron chi connectivity index (χ0n) is 18.3. The third-order valence-corrected chi connectivity index (χ3v) is 6.97. The van der Waals surface area contributed by atoms with Crippen LogP contribution in [0.25, 0.3) is 0 Å². The van der Waals surface area contributed by atoms with Crippen LogP contribution in [0.2, 0.25) is 0 Å². The minimum Gasteiger partial charge on any atom is -0.399 e. The maximum atomic E-state index is 5.86. The van der Waals surface area contributed by atoms with Gasteiger partial charge in [-0.15, -0.1) is 24.8 Å². The van der Waals surface area contributed by atoms with E-state index in [0.29, 0.717) is 18.0 Å². The van der Waals surface area contributed by atoms with Crippen molar-refractivity contribution in [2.45, 2.75) is 37.4 Å². The molecule has 0 spiro atoms. The Morgan fingerprint density at radius 2 is 1.34 bits per heavy atom. The van der Waals surface area contributed by atoms with Crippen molar-refractivity contribution in [1.82, 2.24) is 9.80 Å². The molecular formula is C27H33Cl2N3. The average Bonchev–Trinajstić information content (AvgIpc) is 2.80. The highest BCUT2D eigenvalue weighted by Crippen LogP contribution is 2.38. The van der Waals surface area contributed by atoms with Gasteiger partial charge in [0.2, 0.25) is 0 Å². The number of nitrogens with two attached hydrogens (primary N) is 1. The summed E-state index contributed by atoms with van der Waals surface area (Å²) in [6, 6.07) is 31.8. The van der Waals surface area contributed by atoms with Gasteiger partial charge in [0.15, 0.2) is 0 Å². The summed E-state index contributed by atoms with van der Waals surface area (Å²) in [6.45, 7) is 4.49. The van der Waals surface area contributed by atoms with E-state index >= 15 is 0 Å². The molecule has 2 saturated heterocycles. The van der Waals surface area contributed by atoms with E-state index in [-0.39, 0.29) is 24.8 Å². The van der Waals surface area contributed by atoms with Gasteiger partial charge in [-0.25, -0.2) is 0 Å². The van der Waals surface area contributed by atoms with E-state index < -0.39 is 0 Å². The summed E-state index contributed by atoms with van der Waals surface area (Å²) in [5.41, 5.74) is 11.0. The van der Waals surface area contributed by atoms with Gasteiger partial charge in [0.1, 0.15) is 0 Å². The van der Waals surface area contributed by atoms with Gasteiger partial charge in [-0.05, 0) is 41.7 Å². The van der Waals surface area contributed by atoms with Crippen molar-refractivity contribution >= 4 is 30.5 Å².